The first-order chi connectivity index (χ1) is 16.2. The molecule has 0 unspecified atom stereocenters. The number of thioether (sulfide) groups is 1. The van der Waals surface area contributed by atoms with Gasteiger partial charge in [0, 0.05) is 24.5 Å². The lowest BCUT2D eigenvalue weighted by Crippen LogP contribution is -2.41. The number of anilines is 1. The summed E-state index contributed by atoms with van der Waals surface area (Å²) < 4.78 is 57.7. The lowest BCUT2D eigenvalue weighted by atomic mass is 10.3. The molecule has 186 valence electrons. The molecule has 0 atom stereocenters. The van der Waals surface area contributed by atoms with E-state index < -0.39 is 26.0 Å². The van der Waals surface area contributed by atoms with Crippen LogP contribution in [-0.2, 0) is 29.6 Å². The molecule has 0 aromatic heterocycles. The largest absolute Gasteiger partial charge is 0.379 e. The van der Waals surface area contributed by atoms with Crippen LogP contribution in [0.4, 0.5) is 5.69 Å². The van der Waals surface area contributed by atoms with E-state index in [-0.39, 0.29) is 30.2 Å². The standard InChI is InChI=1S/C22H29N3O6S3/c1-33(27,28)25(18-22(26)23-12-5-17-32-20-6-3-2-4-7-20)19-8-10-21(11-9-19)34(29,30)24-13-15-31-16-14-24/h2-4,6-11H,5,12-18H2,1H3,(H,23,26). The third-order valence-electron chi connectivity index (χ3n) is 5.08. The van der Waals surface area contributed by atoms with Crippen molar-refractivity contribution in [3.63, 3.8) is 0 Å². The van der Waals surface area contributed by atoms with Crippen LogP contribution in [0.5, 0.6) is 0 Å². The zero-order chi connectivity index (χ0) is 24.6. The molecule has 1 N–H and O–H groups in total. The van der Waals surface area contributed by atoms with E-state index in [4.69, 9.17) is 4.74 Å². The first kappa shape index (κ1) is 26.5. The zero-order valence-electron chi connectivity index (χ0n) is 18.9. The number of hydrogen-bond donors (Lipinski definition) is 1. The average molecular weight is 528 g/mol. The SMILES string of the molecule is CS(=O)(=O)N(CC(=O)NCCCSc1ccccc1)c1ccc(S(=O)(=O)N2CCOCC2)cc1. The van der Waals surface area contributed by atoms with Gasteiger partial charge in [0.1, 0.15) is 6.54 Å². The highest BCUT2D eigenvalue weighted by molar-refractivity contribution is 7.99. The van der Waals surface area contributed by atoms with Crippen LogP contribution in [0.25, 0.3) is 0 Å². The maximum Gasteiger partial charge on any atom is 0.243 e. The highest BCUT2D eigenvalue weighted by Gasteiger charge is 2.27. The lowest BCUT2D eigenvalue weighted by Gasteiger charge is -2.26. The number of sulfonamides is 2. The Balaban J connectivity index is 1.57. The van der Waals surface area contributed by atoms with Crippen LogP contribution in [0.15, 0.2) is 64.4 Å². The summed E-state index contributed by atoms with van der Waals surface area (Å²) in [6.07, 6.45) is 1.74. The lowest BCUT2D eigenvalue weighted by molar-refractivity contribution is -0.119. The third-order valence-corrected chi connectivity index (χ3v) is 9.23. The van der Waals surface area contributed by atoms with Crippen molar-refractivity contribution >= 4 is 43.4 Å². The van der Waals surface area contributed by atoms with E-state index in [1.807, 2.05) is 30.3 Å². The van der Waals surface area contributed by atoms with E-state index in [0.717, 1.165) is 27.6 Å². The predicted molar refractivity (Wildman–Crippen MR) is 133 cm³/mol. The van der Waals surface area contributed by atoms with Gasteiger partial charge in [-0.15, -0.1) is 11.8 Å². The number of hydrogen-bond acceptors (Lipinski definition) is 7. The van der Waals surface area contributed by atoms with Gasteiger partial charge in [-0.25, -0.2) is 16.8 Å². The molecule has 1 saturated heterocycles. The topological polar surface area (TPSA) is 113 Å². The molecule has 1 heterocycles. The minimum absolute atomic E-state index is 0.0620. The number of nitrogens with zero attached hydrogens (tertiary/aromatic N) is 2. The van der Waals surface area contributed by atoms with Crippen LogP contribution in [0.2, 0.25) is 0 Å². The maximum atomic E-state index is 12.8. The smallest absolute Gasteiger partial charge is 0.243 e. The van der Waals surface area contributed by atoms with Crippen LogP contribution >= 0.6 is 11.8 Å². The van der Waals surface area contributed by atoms with E-state index in [9.17, 15) is 21.6 Å². The molecule has 0 radical (unpaired) electrons. The Hall–Kier alpha value is -2.12. The van der Waals surface area contributed by atoms with Gasteiger partial charge >= 0.3 is 0 Å². The van der Waals surface area contributed by atoms with Crippen molar-refractivity contribution in [3.8, 4) is 0 Å². The Labute approximate surface area is 205 Å². The second-order valence-electron chi connectivity index (χ2n) is 7.65. The van der Waals surface area contributed by atoms with Crippen LogP contribution in [0.3, 0.4) is 0 Å². The molecule has 0 aliphatic carbocycles. The van der Waals surface area contributed by atoms with Crippen LogP contribution in [0, 0.1) is 0 Å². The van der Waals surface area contributed by atoms with Crippen molar-refractivity contribution in [1.29, 1.82) is 0 Å². The molecule has 0 spiro atoms. The summed E-state index contributed by atoms with van der Waals surface area (Å²) in [7, 11) is -7.46. The van der Waals surface area contributed by atoms with Crippen molar-refractivity contribution < 1.29 is 26.4 Å². The third kappa shape index (κ3) is 7.44. The molecule has 0 saturated carbocycles. The molecular formula is C22H29N3O6S3. The maximum absolute atomic E-state index is 12.8. The average Bonchev–Trinajstić information content (AvgIpc) is 2.83. The van der Waals surface area contributed by atoms with Gasteiger partial charge < -0.3 is 10.1 Å². The Morgan fingerprint density at radius 3 is 2.29 bits per heavy atom. The number of amides is 1. The minimum Gasteiger partial charge on any atom is -0.379 e. The summed E-state index contributed by atoms with van der Waals surface area (Å²) in [5, 5.41) is 2.75. The van der Waals surface area contributed by atoms with Gasteiger partial charge in [0.2, 0.25) is 26.0 Å². The number of rotatable bonds is 11. The molecule has 2 aromatic rings. The quantitative estimate of drug-likeness (QED) is 0.350. The van der Waals surface area contributed by atoms with Crippen molar-refractivity contribution in [3.05, 3.63) is 54.6 Å². The van der Waals surface area contributed by atoms with Crippen LogP contribution in [0.1, 0.15) is 6.42 Å². The molecule has 2 aromatic carbocycles. The van der Waals surface area contributed by atoms with Gasteiger partial charge in [0.05, 0.1) is 30.1 Å². The number of nitrogens with one attached hydrogen (secondary N) is 1. The Kier molecular flexibility index (Phi) is 9.37. The Bertz CT molecular complexity index is 1150. The minimum atomic E-state index is -3.76. The summed E-state index contributed by atoms with van der Waals surface area (Å²) in [6.45, 7) is 1.23. The van der Waals surface area contributed by atoms with Gasteiger partial charge in [-0.05, 0) is 48.6 Å². The zero-order valence-corrected chi connectivity index (χ0v) is 21.4. The fraction of sp³-hybridized carbons (Fsp3) is 0.409. The van der Waals surface area contributed by atoms with Crippen LogP contribution in [-0.4, -0.2) is 78.4 Å². The molecule has 1 fully saturated rings. The second-order valence-corrected chi connectivity index (χ2v) is 12.7. The summed E-state index contributed by atoms with van der Waals surface area (Å²) in [5.41, 5.74) is 0.221. The predicted octanol–water partition coefficient (Wildman–Crippen LogP) is 1.77. The Morgan fingerprint density at radius 2 is 1.68 bits per heavy atom. The molecular weight excluding hydrogens is 498 g/mol. The second kappa shape index (κ2) is 12.0. The summed E-state index contributed by atoms with van der Waals surface area (Å²) in [4.78, 5) is 13.6. The fourth-order valence-corrected chi connectivity index (χ4v) is 6.45. The van der Waals surface area contributed by atoms with E-state index >= 15 is 0 Å². The van der Waals surface area contributed by atoms with Gasteiger partial charge in [-0.3, -0.25) is 9.10 Å². The first-order valence-electron chi connectivity index (χ1n) is 10.8. The number of benzene rings is 2. The summed E-state index contributed by atoms with van der Waals surface area (Å²) in [5.74, 6) is 0.388. The van der Waals surface area contributed by atoms with Gasteiger partial charge in [-0.2, -0.15) is 4.31 Å². The fourth-order valence-electron chi connectivity index (χ4n) is 3.31. The molecule has 1 amide bonds. The van der Waals surface area contributed by atoms with Gasteiger partial charge in [0.15, 0.2) is 0 Å². The monoisotopic (exact) mass is 527 g/mol. The molecule has 9 nitrogen and oxygen atoms in total. The van der Waals surface area contributed by atoms with Gasteiger partial charge in [-0.1, -0.05) is 18.2 Å². The van der Waals surface area contributed by atoms with E-state index in [1.54, 1.807) is 11.8 Å². The molecule has 12 heteroatoms. The summed E-state index contributed by atoms with van der Waals surface area (Å²) in [6, 6.07) is 15.4. The van der Waals surface area contributed by atoms with Crippen molar-refractivity contribution in [2.45, 2.75) is 16.2 Å². The number of morpholine rings is 1. The molecule has 1 aliphatic rings. The molecule has 34 heavy (non-hydrogen) atoms. The molecule has 0 bridgehead atoms. The van der Waals surface area contributed by atoms with Crippen molar-refractivity contribution in [2.75, 3.05) is 55.7 Å². The normalized spacial score (nSPS) is 15.1. The van der Waals surface area contributed by atoms with Gasteiger partial charge in [0.25, 0.3) is 0 Å². The number of ether oxygens (including phenoxy) is 1. The van der Waals surface area contributed by atoms with E-state index in [2.05, 4.69) is 5.32 Å². The highest BCUT2D eigenvalue weighted by atomic mass is 32.2. The number of carbonyl (C=O) groups is 1. The van der Waals surface area contributed by atoms with E-state index in [0.29, 0.717) is 19.8 Å². The summed E-state index contributed by atoms with van der Waals surface area (Å²) >= 11 is 1.68. The van der Waals surface area contributed by atoms with Crippen molar-refractivity contribution in [2.24, 2.45) is 0 Å². The van der Waals surface area contributed by atoms with E-state index in [1.165, 1.54) is 28.6 Å². The molecule has 3 rings (SSSR count). The number of carbonyl (C=O) groups excluding carboxylic acids is 1. The Morgan fingerprint density at radius 1 is 1.03 bits per heavy atom. The first-order valence-corrected chi connectivity index (χ1v) is 15.1. The highest BCUT2D eigenvalue weighted by Crippen LogP contribution is 2.23. The molecule has 1 aliphatic heterocycles. The van der Waals surface area contributed by atoms with Crippen LogP contribution < -0.4 is 9.62 Å². The van der Waals surface area contributed by atoms with Crippen molar-refractivity contribution in [1.82, 2.24) is 9.62 Å².